The van der Waals surface area contributed by atoms with Gasteiger partial charge in [0.05, 0.1) is 6.54 Å². The second-order valence-electron chi connectivity index (χ2n) is 5.08. The van der Waals surface area contributed by atoms with Crippen LogP contribution in [0.2, 0.25) is 0 Å². The van der Waals surface area contributed by atoms with E-state index < -0.39 is 0 Å². The summed E-state index contributed by atoms with van der Waals surface area (Å²) in [6.07, 6.45) is 4.70. The predicted molar refractivity (Wildman–Crippen MR) is 71.0 cm³/mol. The molecule has 4 nitrogen and oxygen atoms in total. The zero-order valence-electron chi connectivity index (χ0n) is 11.3. The molecule has 0 aromatic heterocycles. The fraction of sp³-hybridized carbons (Fsp3) is 0.923. The van der Waals surface area contributed by atoms with Gasteiger partial charge in [0.1, 0.15) is 0 Å². The quantitative estimate of drug-likeness (QED) is 0.649. The molecular weight excluding hydrogens is 214 g/mol. The van der Waals surface area contributed by atoms with Gasteiger partial charge in [0.25, 0.3) is 0 Å². The SMILES string of the molecule is CCCCNC(=O)CNCC1CCN(C)CC1. The van der Waals surface area contributed by atoms with Gasteiger partial charge in [-0.15, -0.1) is 0 Å². The molecule has 0 radical (unpaired) electrons. The Hall–Kier alpha value is -0.610. The lowest BCUT2D eigenvalue weighted by molar-refractivity contribution is -0.120. The minimum atomic E-state index is 0.131. The highest BCUT2D eigenvalue weighted by Crippen LogP contribution is 2.14. The summed E-state index contributed by atoms with van der Waals surface area (Å²) in [4.78, 5) is 13.8. The van der Waals surface area contributed by atoms with Crippen molar-refractivity contribution in [1.29, 1.82) is 0 Å². The molecule has 1 fully saturated rings. The van der Waals surface area contributed by atoms with Crippen LogP contribution in [-0.2, 0) is 4.79 Å². The van der Waals surface area contributed by atoms with E-state index in [9.17, 15) is 4.79 Å². The molecule has 1 rings (SSSR count). The summed E-state index contributed by atoms with van der Waals surface area (Å²) < 4.78 is 0. The summed E-state index contributed by atoms with van der Waals surface area (Å²) >= 11 is 0. The molecule has 0 aromatic carbocycles. The normalized spacial score (nSPS) is 18.2. The summed E-state index contributed by atoms with van der Waals surface area (Å²) in [6.45, 7) is 6.77. The molecule has 0 atom stereocenters. The first kappa shape index (κ1) is 14.5. The number of likely N-dealkylation sites (tertiary alicyclic amines) is 1. The van der Waals surface area contributed by atoms with E-state index in [0.29, 0.717) is 6.54 Å². The first-order valence-electron chi connectivity index (χ1n) is 6.88. The fourth-order valence-corrected chi connectivity index (χ4v) is 2.12. The second-order valence-corrected chi connectivity index (χ2v) is 5.08. The van der Waals surface area contributed by atoms with E-state index in [-0.39, 0.29) is 5.91 Å². The first-order valence-corrected chi connectivity index (χ1v) is 6.88. The number of carbonyl (C=O) groups is 1. The van der Waals surface area contributed by atoms with E-state index in [1.54, 1.807) is 0 Å². The maximum atomic E-state index is 11.4. The van der Waals surface area contributed by atoms with Gasteiger partial charge in [-0.05, 0) is 51.9 Å². The number of unbranched alkanes of at least 4 members (excludes halogenated alkanes) is 1. The molecule has 0 spiro atoms. The molecule has 1 heterocycles. The van der Waals surface area contributed by atoms with Crippen molar-refractivity contribution >= 4 is 5.91 Å². The smallest absolute Gasteiger partial charge is 0.233 e. The number of carbonyl (C=O) groups excluding carboxylic acids is 1. The molecule has 1 amide bonds. The molecule has 1 aliphatic heterocycles. The van der Waals surface area contributed by atoms with Crippen LogP contribution in [0.4, 0.5) is 0 Å². The van der Waals surface area contributed by atoms with Crippen LogP contribution >= 0.6 is 0 Å². The molecule has 0 aromatic rings. The summed E-state index contributed by atoms with van der Waals surface area (Å²) in [6, 6.07) is 0. The van der Waals surface area contributed by atoms with Crippen LogP contribution in [0.25, 0.3) is 0 Å². The number of rotatable bonds is 7. The molecule has 17 heavy (non-hydrogen) atoms. The van der Waals surface area contributed by atoms with Crippen LogP contribution in [0.5, 0.6) is 0 Å². The van der Waals surface area contributed by atoms with Gasteiger partial charge in [0.2, 0.25) is 5.91 Å². The van der Waals surface area contributed by atoms with Crippen molar-refractivity contribution in [3.63, 3.8) is 0 Å². The van der Waals surface area contributed by atoms with Crippen molar-refractivity contribution in [1.82, 2.24) is 15.5 Å². The Labute approximate surface area is 105 Å². The zero-order chi connectivity index (χ0) is 12.5. The second kappa shape index (κ2) is 8.48. The molecule has 0 aliphatic carbocycles. The number of nitrogens with zero attached hydrogens (tertiary/aromatic N) is 1. The highest BCUT2D eigenvalue weighted by Gasteiger charge is 2.16. The largest absolute Gasteiger partial charge is 0.355 e. The third-order valence-electron chi connectivity index (χ3n) is 3.41. The maximum Gasteiger partial charge on any atom is 0.233 e. The van der Waals surface area contributed by atoms with Crippen LogP contribution in [0.15, 0.2) is 0 Å². The van der Waals surface area contributed by atoms with E-state index in [0.717, 1.165) is 31.8 Å². The number of amides is 1. The van der Waals surface area contributed by atoms with Gasteiger partial charge in [-0.3, -0.25) is 4.79 Å². The van der Waals surface area contributed by atoms with Crippen LogP contribution in [-0.4, -0.2) is 50.6 Å². The van der Waals surface area contributed by atoms with E-state index >= 15 is 0 Å². The summed E-state index contributed by atoms with van der Waals surface area (Å²) in [5.74, 6) is 0.876. The molecule has 0 saturated carbocycles. The molecule has 4 heteroatoms. The van der Waals surface area contributed by atoms with Gasteiger partial charge < -0.3 is 15.5 Å². The Morgan fingerprint density at radius 3 is 2.71 bits per heavy atom. The third-order valence-corrected chi connectivity index (χ3v) is 3.41. The Balaban J connectivity index is 1.97. The van der Waals surface area contributed by atoms with E-state index in [4.69, 9.17) is 0 Å². The van der Waals surface area contributed by atoms with E-state index in [1.165, 1.54) is 25.9 Å². The van der Waals surface area contributed by atoms with Crippen molar-refractivity contribution in [3.05, 3.63) is 0 Å². The molecular formula is C13H27N3O. The lowest BCUT2D eigenvalue weighted by Crippen LogP contribution is -2.39. The molecule has 2 N–H and O–H groups in total. The van der Waals surface area contributed by atoms with E-state index in [2.05, 4.69) is 29.5 Å². The van der Waals surface area contributed by atoms with Gasteiger partial charge in [-0.1, -0.05) is 13.3 Å². The Bertz CT molecular complexity index is 213. The van der Waals surface area contributed by atoms with Crippen LogP contribution in [0.1, 0.15) is 32.6 Å². The zero-order valence-corrected chi connectivity index (χ0v) is 11.3. The molecule has 0 unspecified atom stereocenters. The highest BCUT2D eigenvalue weighted by atomic mass is 16.1. The monoisotopic (exact) mass is 241 g/mol. The van der Waals surface area contributed by atoms with Crippen molar-refractivity contribution in [2.24, 2.45) is 5.92 Å². The molecule has 0 bridgehead atoms. The van der Waals surface area contributed by atoms with Crippen LogP contribution in [0.3, 0.4) is 0 Å². The number of piperidine rings is 1. The minimum Gasteiger partial charge on any atom is -0.355 e. The number of hydrogen-bond acceptors (Lipinski definition) is 3. The van der Waals surface area contributed by atoms with Gasteiger partial charge in [0.15, 0.2) is 0 Å². The minimum absolute atomic E-state index is 0.131. The maximum absolute atomic E-state index is 11.4. The highest BCUT2D eigenvalue weighted by molar-refractivity contribution is 5.77. The van der Waals surface area contributed by atoms with E-state index in [1.807, 2.05) is 0 Å². The fourth-order valence-electron chi connectivity index (χ4n) is 2.12. The number of hydrogen-bond donors (Lipinski definition) is 2. The van der Waals surface area contributed by atoms with Gasteiger partial charge in [0, 0.05) is 6.54 Å². The van der Waals surface area contributed by atoms with Crippen molar-refractivity contribution in [2.45, 2.75) is 32.6 Å². The third kappa shape index (κ3) is 6.64. The summed E-state index contributed by atoms with van der Waals surface area (Å²) in [5, 5.41) is 6.18. The Morgan fingerprint density at radius 1 is 1.35 bits per heavy atom. The summed E-state index contributed by atoms with van der Waals surface area (Å²) in [5.41, 5.74) is 0. The van der Waals surface area contributed by atoms with Crippen LogP contribution < -0.4 is 10.6 Å². The topological polar surface area (TPSA) is 44.4 Å². The Kier molecular flexibility index (Phi) is 7.21. The lowest BCUT2D eigenvalue weighted by Gasteiger charge is -2.28. The van der Waals surface area contributed by atoms with Gasteiger partial charge >= 0.3 is 0 Å². The summed E-state index contributed by atoms with van der Waals surface area (Å²) in [7, 11) is 2.17. The van der Waals surface area contributed by atoms with Crippen molar-refractivity contribution in [2.75, 3.05) is 39.8 Å². The Morgan fingerprint density at radius 2 is 2.06 bits per heavy atom. The molecule has 100 valence electrons. The lowest BCUT2D eigenvalue weighted by atomic mass is 9.97. The average Bonchev–Trinajstić information content (AvgIpc) is 2.32. The standard InChI is InChI=1S/C13H27N3O/c1-3-4-7-15-13(17)11-14-10-12-5-8-16(2)9-6-12/h12,14H,3-11H2,1-2H3,(H,15,17). The van der Waals surface area contributed by atoms with Crippen molar-refractivity contribution in [3.8, 4) is 0 Å². The average molecular weight is 241 g/mol. The first-order chi connectivity index (χ1) is 8.22. The number of nitrogens with one attached hydrogen (secondary N) is 2. The molecule has 1 aliphatic rings. The van der Waals surface area contributed by atoms with Gasteiger partial charge in [-0.2, -0.15) is 0 Å². The van der Waals surface area contributed by atoms with Crippen molar-refractivity contribution < 1.29 is 4.79 Å². The van der Waals surface area contributed by atoms with Crippen LogP contribution in [0, 0.1) is 5.92 Å². The predicted octanol–water partition coefficient (Wildman–Crippen LogP) is 0.834. The van der Waals surface area contributed by atoms with Gasteiger partial charge in [-0.25, -0.2) is 0 Å². The molecule has 1 saturated heterocycles.